The minimum atomic E-state index is -3.64. The van der Waals surface area contributed by atoms with Gasteiger partial charge in [0.15, 0.2) is 9.84 Å². The molecule has 0 bridgehead atoms. The maximum Gasteiger partial charge on any atom is 0.408 e. The van der Waals surface area contributed by atoms with Gasteiger partial charge in [0, 0.05) is 5.41 Å². The van der Waals surface area contributed by atoms with E-state index in [2.05, 4.69) is 21.3 Å². The van der Waals surface area contributed by atoms with Crippen molar-refractivity contribution in [1.29, 1.82) is 0 Å². The number of carbonyl (C=O) groups excluding carboxylic acids is 6. The molecule has 0 unspecified atom stereocenters. The minimum absolute atomic E-state index is 0.121. The Kier molecular flexibility index (Phi) is 17.7. The topological polar surface area (TPSA) is 212 Å². The fraction of sp³-hybridized carbons (Fsp3) is 0.500. The van der Waals surface area contributed by atoms with E-state index < -0.39 is 99.7 Å². The summed E-state index contributed by atoms with van der Waals surface area (Å²) in [5.41, 5.74) is -0.769. The highest BCUT2D eigenvalue weighted by Crippen LogP contribution is 2.17. The van der Waals surface area contributed by atoms with Crippen molar-refractivity contribution in [1.82, 2.24) is 21.3 Å². The molecule has 2 aromatic carbocycles. The predicted octanol–water partition coefficient (Wildman–Crippen LogP) is 4.18. The number of ether oxygens (including phenoxy) is 3. The number of nitrogens with one attached hydrogen (secondary N) is 4. The van der Waals surface area contributed by atoms with Crippen molar-refractivity contribution in [3.63, 3.8) is 0 Å². The summed E-state index contributed by atoms with van der Waals surface area (Å²) in [6.45, 7) is 14.5. The van der Waals surface area contributed by atoms with E-state index in [0.29, 0.717) is 11.1 Å². The van der Waals surface area contributed by atoms with Gasteiger partial charge in [0.05, 0.1) is 24.6 Å². The predicted molar refractivity (Wildman–Crippen MR) is 209 cm³/mol. The van der Waals surface area contributed by atoms with Crippen LogP contribution in [0.15, 0.2) is 72.1 Å². The molecule has 0 saturated carbocycles. The van der Waals surface area contributed by atoms with Crippen LogP contribution in [0.1, 0.15) is 92.3 Å². The third-order valence-corrected chi connectivity index (χ3v) is 8.97. The summed E-state index contributed by atoms with van der Waals surface area (Å²) in [6, 6.07) is 11.5. The molecule has 4 N–H and O–H groups in total. The third kappa shape index (κ3) is 17.9. The highest BCUT2D eigenvalue weighted by atomic mass is 32.2. The van der Waals surface area contributed by atoms with Crippen LogP contribution in [-0.2, 0) is 54.6 Å². The van der Waals surface area contributed by atoms with Gasteiger partial charge in [-0.3, -0.25) is 24.0 Å². The molecule has 15 nitrogen and oxygen atoms in total. The molecule has 0 aliphatic heterocycles. The van der Waals surface area contributed by atoms with E-state index in [1.807, 2.05) is 0 Å². The fourth-order valence-electron chi connectivity index (χ4n) is 4.94. The third-order valence-electron chi connectivity index (χ3n) is 7.60. The minimum Gasteiger partial charge on any atom is -0.460 e. The zero-order valence-corrected chi connectivity index (χ0v) is 34.4. The van der Waals surface area contributed by atoms with E-state index >= 15 is 0 Å². The number of alkyl carbamates (subject to hydrolysis) is 1. The summed E-state index contributed by atoms with van der Waals surface area (Å²) in [5, 5.41) is 11.2. The van der Waals surface area contributed by atoms with Crippen LogP contribution in [0.5, 0.6) is 0 Å². The maximum absolute atomic E-state index is 14.1. The number of sulfone groups is 1. The van der Waals surface area contributed by atoms with Crippen molar-refractivity contribution in [2.45, 2.75) is 117 Å². The van der Waals surface area contributed by atoms with Gasteiger partial charge < -0.3 is 35.5 Å². The number of rotatable bonds is 18. The first-order valence-electron chi connectivity index (χ1n) is 18.3. The average molecular weight is 801 g/mol. The second-order valence-electron chi connectivity index (χ2n) is 15.3. The van der Waals surface area contributed by atoms with Gasteiger partial charge in [-0.1, -0.05) is 87.5 Å². The molecule has 0 fully saturated rings. The first-order chi connectivity index (χ1) is 26.0. The number of carbonyl (C=O) groups is 6. The number of amides is 4. The molecular formula is C40H56N4O11S. The standard InChI is InChI=1S/C40H56N4O11S/c1-10-56(51,52)22-21-29(23-31(45)54-39(4,5)6)41-36(48)33(26(2)3)43-37(49)34(28-19-15-12-16-20-28)44-35(47)30(24-32(46)55-40(7,8)9)42-38(50)53-25-27-17-13-11-14-18-27/h11-22,26,29-30,33-34H,10,23-25H2,1-9H3,(H,41,48)(H,42,50)(H,43,49)(H,44,47)/b22-21+/t29-,30+,33-,34+/m1/s1. The zero-order valence-electron chi connectivity index (χ0n) is 33.5. The molecule has 0 saturated heterocycles. The SMILES string of the molecule is CCS(=O)(=O)/C=C/[C@H](CC(=O)OC(C)(C)C)NC(=O)[C@H](NC(=O)[C@@H](NC(=O)[C@H](CC(=O)OC(C)(C)C)NC(=O)OCc1ccccc1)c1ccccc1)C(C)C. The molecule has 0 radical (unpaired) electrons. The molecule has 2 rings (SSSR count). The first kappa shape index (κ1) is 46.9. The van der Waals surface area contributed by atoms with E-state index in [4.69, 9.17) is 14.2 Å². The number of benzene rings is 2. The summed E-state index contributed by atoms with van der Waals surface area (Å²) < 4.78 is 40.5. The number of hydrogen-bond acceptors (Lipinski definition) is 11. The summed E-state index contributed by atoms with van der Waals surface area (Å²) >= 11 is 0. The molecule has 0 aliphatic carbocycles. The molecular weight excluding hydrogens is 745 g/mol. The van der Waals surface area contributed by atoms with Crippen LogP contribution < -0.4 is 21.3 Å². The van der Waals surface area contributed by atoms with Gasteiger partial charge in [0.25, 0.3) is 0 Å². The Morgan fingerprint density at radius 2 is 1.23 bits per heavy atom. The van der Waals surface area contributed by atoms with E-state index in [9.17, 15) is 37.2 Å². The molecule has 308 valence electrons. The lowest BCUT2D eigenvalue weighted by atomic mass is 10.00. The highest BCUT2D eigenvalue weighted by molar-refractivity contribution is 7.94. The van der Waals surface area contributed by atoms with Crippen molar-refractivity contribution >= 4 is 45.6 Å². The lowest BCUT2D eigenvalue weighted by Crippen LogP contribution is -2.56. The van der Waals surface area contributed by atoms with Crippen molar-refractivity contribution in [3.8, 4) is 0 Å². The van der Waals surface area contributed by atoms with Gasteiger partial charge in [-0.25, -0.2) is 13.2 Å². The quantitative estimate of drug-likeness (QED) is 0.124. The molecule has 0 heterocycles. The number of hydrogen-bond donors (Lipinski definition) is 4. The van der Waals surface area contributed by atoms with Crippen LogP contribution in [0.4, 0.5) is 4.79 Å². The summed E-state index contributed by atoms with van der Waals surface area (Å²) in [5.74, 6) is -4.76. The first-order valence-corrected chi connectivity index (χ1v) is 20.0. The van der Waals surface area contributed by atoms with Crippen molar-refractivity contribution in [2.24, 2.45) is 5.92 Å². The van der Waals surface area contributed by atoms with Crippen LogP contribution in [0.2, 0.25) is 0 Å². The molecule has 2 aromatic rings. The summed E-state index contributed by atoms with van der Waals surface area (Å²) in [4.78, 5) is 80.1. The summed E-state index contributed by atoms with van der Waals surface area (Å²) in [6.07, 6.45) is -0.837. The van der Waals surface area contributed by atoms with Gasteiger partial charge in [-0.05, 0) is 58.6 Å². The smallest absolute Gasteiger partial charge is 0.408 e. The zero-order chi connectivity index (χ0) is 42.3. The molecule has 4 amide bonds. The maximum atomic E-state index is 14.1. The van der Waals surface area contributed by atoms with Crippen LogP contribution in [0, 0.1) is 5.92 Å². The molecule has 0 aromatic heterocycles. The van der Waals surface area contributed by atoms with Gasteiger partial charge in [-0.15, -0.1) is 0 Å². The fourth-order valence-corrected chi connectivity index (χ4v) is 5.56. The van der Waals surface area contributed by atoms with Gasteiger partial charge in [0.2, 0.25) is 17.7 Å². The van der Waals surface area contributed by atoms with Crippen LogP contribution in [0.3, 0.4) is 0 Å². The Labute approximate surface area is 329 Å². The Balaban J connectivity index is 2.39. The molecule has 0 spiro atoms. The largest absolute Gasteiger partial charge is 0.460 e. The van der Waals surface area contributed by atoms with Gasteiger partial charge in [-0.2, -0.15) is 0 Å². The highest BCUT2D eigenvalue weighted by Gasteiger charge is 2.34. The van der Waals surface area contributed by atoms with E-state index in [0.717, 1.165) is 5.41 Å². The van der Waals surface area contributed by atoms with Gasteiger partial charge in [0.1, 0.15) is 35.9 Å². The Morgan fingerprint density at radius 1 is 0.696 bits per heavy atom. The average Bonchev–Trinajstić information content (AvgIpc) is 3.09. The molecule has 56 heavy (non-hydrogen) atoms. The van der Waals surface area contributed by atoms with Crippen molar-refractivity contribution in [2.75, 3.05) is 5.75 Å². The Hall–Kier alpha value is -5.25. The Bertz CT molecular complexity index is 1790. The van der Waals surface area contributed by atoms with Crippen molar-refractivity contribution < 1.29 is 51.4 Å². The normalized spacial score (nSPS) is 14.1. The Morgan fingerprint density at radius 3 is 1.75 bits per heavy atom. The number of esters is 2. The summed E-state index contributed by atoms with van der Waals surface area (Å²) in [7, 11) is -3.64. The lowest BCUT2D eigenvalue weighted by molar-refractivity contribution is -0.157. The van der Waals surface area contributed by atoms with E-state index in [1.54, 1.807) is 116 Å². The monoisotopic (exact) mass is 800 g/mol. The lowest BCUT2D eigenvalue weighted by Gasteiger charge is -2.28. The van der Waals surface area contributed by atoms with E-state index in [1.165, 1.54) is 13.0 Å². The van der Waals surface area contributed by atoms with Gasteiger partial charge >= 0.3 is 18.0 Å². The van der Waals surface area contributed by atoms with Crippen LogP contribution in [-0.4, -0.2) is 79.3 Å². The van der Waals surface area contributed by atoms with Crippen LogP contribution >= 0.6 is 0 Å². The van der Waals surface area contributed by atoms with Crippen molar-refractivity contribution in [3.05, 3.63) is 83.3 Å². The van der Waals surface area contributed by atoms with Crippen LogP contribution in [0.25, 0.3) is 0 Å². The molecule has 16 heteroatoms. The second kappa shape index (κ2) is 21.2. The van der Waals surface area contributed by atoms with E-state index in [-0.39, 0.29) is 12.4 Å². The second-order valence-corrected chi connectivity index (χ2v) is 17.5. The molecule has 0 aliphatic rings. The molecule has 4 atom stereocenters.